The Kier molecular flexibility index (Phi) is 8.90. The molecule has 2 aromatic carbocycles. The van der Waals surface area contributed by atoms with Crippen LogP contribution in [0.4, 0.5) is 0 Å². The highest BCUT2D eigenvalue weighted by Gasteiger charge is 2.53. The van der Waals surface area contributed by atoms with E-state index < -0.39 is 65.5 Å². The molecule has 4 rings (SSSR count). The van der Waals surface area contributed by atoms with Crippen molar-refractivity contribution in [2.75, 3.05) is 0 Å². The number of hydrogen-bond donors (Lipinski definition) is 3. The first-order valence-electron chi connectivity index (χ1n) is 13.1. The molecule has 1 fully saturated rings. The molecular formula is C29H30O13. The Morgan fingerprint density at radius 1 is 0.833 bits per heavy atom. The lowest BCUT2D eigenvalue weighted by atomic mass is 9.95. The molecule has 1 aliphatic heterocycles. The molecule has 1 aromatic heterocycles. The molecule has 0 bridgehead atoms. The zero-order valence-electron chi connectivity index (χ0n) is 23.2. The van der Waals surface area contributed by atoms with Gasteiger partial charge in [0.05, 0.1) is 0 Å². The van der Waals surface area contributed by atoms with Crippen molar-refractivity contribution in [2.45, 2.75) is 71.2 Å². The molecule has 13 heteroatoms. The monoisotopic (exact) mass is 586 g/mol. The highest BCUT2D eigenvalue weighted by molar-refractivity contribution is 5.88. The average Bonchev–Trinajstić information content (AvgIpc) is 2.89. The van der Waals surface area contributed by atoms with Crippen LogP contribution in [0.5, 0.6) is 23.0 Å². The number of ether oxygens (including phenoxy) is 5. The van der Waals surface area contributed by atoms with Crippen LogP contribution in [0.15, 0.2) is 45.6 Å². The van der Waals surface area contributed by atoms with Gasteiger partial charge >= 0.3 is 17.9 Å². The number of benzene rings is 2. The normalized spacial score (nSPS) is 21.9. The van der Waals surface area contributed by atoms with Crippen molar-refractivity contribution < 1.29 is 57.8 Å². The van der Waals surface area contributed by atoms with Crippen molar-refractivity contribution >= 4 is 28.9 Å². The third-order valence-electron chi connectivity index (χ3n) is 6.35. The lowest BCUT2D eigenvalue weighted by molar-refractivity contribution is -0.284. The van der Waals surface area contributed by atoms with Gasteiger partial charge < -0.3 is 43.4 Å². The van der Waals surface area contributed by atoms with Gasteiger partial charge in [0.25, 0.3) is 0 Å². The van der Waals surface area contributed by atoms with Crippen molar-refractivity contribution in [2.24, 2.45) is 0 Å². The van der Waals surface area contributed by atoms with Crippen molar-refractivity contribution in [1.82, 2.24) is 0 Å². The number of carbonyl (C=O) groups is 3. The summed E-state index contributed by atoms with van der Waals surface area (Å²) in [6, 6.07) is 7.59. The molecule has 1 saturated heterocycles. The molecule has 42 heavy (non-hydrogen) atoms. The number of aromatic hydroxyl groups is 3. The first-order valence-corrected chi connectivity index (χ1v) is 13.1. The van der Waals surface area contributed by atoms with E-state index in [9.17, 15) is 34.5 Å². The molecule has 3 aromatic rings. The minimum absolute atomic E-state index is 0.0756. The van der Waals surface area contributed by atoms with E-state index in [0.29, 0.717) is 12.8 Å². The molecule has 3 N–H and O–H groups in total. The van der Waals surface area contributed by atoms with Gasteiger partial charge in [-0.2, -0.15) is 0 Å². The predicted molar refractivity (Wildman–Crippen MR) is 144 cm³/mol. The van der Waals surface area contributed by atoms with Crippen LogP contribution in [-0.4, -0.2) is 63.9 Å². The minimum atomic E-state index is -1.60. The van der Waals surface area contributed by atoms with E-state index in [-0.39, 0.29) is 33.8 Å². The largest absolute Gasteiger partial charge is 0.508 e. The summed E-state index contributed by atoms with van der Waals surface area (Å²) in [5.41, 5.74) is -0.797. The molecule has 1 aliphatic rings. The van der Waals surface area contributed by atoms with Crippen molar-refractivity contribution in [3.63, 3.8) is 0 Å². The van der Waals surface area contributed by atoms with Crippen LogP contribution < -0.4 is 10.2 Å². The smallest absolute Gasteiger partial charge is 0.303 e. The molecule has 0 spiro atoms. The molecule has 0 amide bonds. The number of fused-ring (bicyclic) bond motifs is 1. The summed E-state index contributed by atoms with van der Waals surface area (Å²) in [4.78, 5) is 50.1. The zero-order valence-corrected chi connectivity index (χ0v) is 23.2. The summed E-state index contributed by atoms with van der Waals surface area (Å²) in [7, 11) is 0. The van der Waals surface area contributed by atoms with Crippen LogP contribution >= 0.6 is 0 Å². The van der Waals surface area contributed by atoms with Crippen molar-refractivity contribution in [3.05, 3.63) is 46.6 Å². The van der Waals surface area contributed by atoms with E-state index in [1.165, 1.54) is 24.3 Å². The van der Waals surface area contributed by atoms with Gasteiger partial charge in [-0.1, -0.05) is 13.3 Å². The van der Waals surface area contributed by atoms with E-state index >= 15 is 0 Å². The second-order valence-corrected chi connectivity index (χ2v) is 9.65. The Bertz CT molecular complexity index is 1540. The lowest BCUT2D eigenvalue weighted by Crippen LogP contribution is -2.62. The second kappa shape index (κ2) is 12.4. The predicted octanol–water partition coefficient (Wildman–Crippen LogP) is 3.28. The molecule has 0 radical (unpaired) electrons. The summed E-state index contributed by atoms with van der Waals surface area (Å²) in [6.07, 6.45) is -5.80. The quantitative estimate of drug-likeness (QED) is 0.258. The molecule has 0 unspecified atom stereocenters. The fraction of sp³-hybridized carbons (Fsp3) is 0.379. The van der Waals surface area contributed by atoms with Crippen molar-refractivity contribution in [1.29, 1.82) is 0 Å². The Labute approximate surface area is 239 Å². The molecule has 5 atom stereocenters. The Morgan fingerprint density at radius 2 is 1.43 bits per heavy atom. The minimum Gasteiger partial charge on any atom is -0.508 e. The first kappa shape index (κ1) is 30.2. The number of rotatable bonds is 8. The van der Waals surface area contributed by atoms with Gasteiger partial charge in [-0.3, -0.25) is 19.2 Å². The van der Waals surface area contributed by atoms with E-state index in [2.05, 4.69) is 0 Å². The fourth-order valence-corrected chi connectivity index (χ4v) is 4.76. The van der Waals surface area contributed by atoms with Crippen LogP contribution in [0.3, 0.4) is 0 Å². The molecular weight excluding hydrogens is 556 g/mol. The third-order valence-corrected chi connectivity index (χ3v) is 6.35. The molecule has 2 heterocycles. The summed E-state index contributed by atoms with van der Waals surface area (Å²) in [5.74, 6) is -4.01. The van der Waals surface area contributed by atoms with Crippen LogP contribution in [0.25, 0.3) is 22.3 Å². The molecule has 0 saturated carbocycles. The summed E-state index contributed by atoms with van der Waals surface area (Å²) < 4.78 is 34.5. The van der Waals surface area contributed by atoms with Gasteiger partial charge in [0.1, 0.15) is 34.3 Å². The molecule has 0 aliphatic carbocycles. The maximum Gasteiger partial charge on any atom is 0.303 e. The topological polar surface area (TPSA) is 188 Å². The first-order chi connectivity index (χ1) is 19.9. The maximum absolute atomic E-state index is 13.8. The summed E-state index contributed by atoms with van der Waals surface area (Å²) in [5, 5.41) is 29.9. The molecule has 224 valence electrons. The van der Waals surface area contributed by atoms with Gasteiger partial charge in [0.15, 0.2) is 18.0 Å². The maximum atomic E-state index is 13.8. The van der Waals surface area contributed by atoms with E-state index in [0.717, 1.165) is 32.9 Å². The van der Waals surface area contributed by atoms with E-state index in [1.807, 2.05) is 6.92 Å². The highest BCUT2D eigenvalue weighted by Crippen LogP contribution is 2.38. The number of hydrogen-bond acceptors (Lipinski definition) is 13. The third kappa shape index (κ3) is 6.41. The highest BCUT2D eigenvalue weighted by atomic mass is 16.7. The van der Waals surface area contributed by atoms with Crippen LogP contribution in [0, 0.1) is 0 Å². The Hall–Kier alpha value is -4.78. The zero-order chi connectivity index (χ0) is 30.7. The second-order valence-electron chi connectivity index (χ2n) is 9.65. The van der Waals surface area contributed by atoms with Gasteiger partial charge in [0.2, 0.25) is 23.6 Å². The van der Waals surface area contributed by atoms with Gasteiger partial charge in [-0.25, -0.2) is 0 Å². The van der Waals surface area contributed by atoms with Gasteiger partial charge in [-0.05, 0) is 30.7 Å². The average molecular weight is 587 g/mol. The van der Waals surface area contributed by atoms with Crippen LogP contribution in [-0.2, 0) is 33.3 Å². The van der Waals surface area contributed by atoms with Crippen LogP contribution in [0.1, 0.15) is 40.5 Å². The number of carbonyl (C=O) groups excluding carboxylic acids is 3. The van der Waals surface area contributed by atoms with Crippen molar-refractivity contribution in [3.8, 4) is 34.3 Å². The standard InChI is InChI=1S/C29H30O13/c1-5-6-20-25(37-13(2)30)27(38-14(3)31)28(39-15(4)32)29(41-20)42-26-23(36)22-19(35)11-18(34)12-21(22)40-24(26)16-7-9-17(33)10-8-16/h7-12,20,25,27-29,33-35H,5-6H2,1-4H3/t20-,25-,27+,28+,29-/m0/s1. The SMILES string of the molecule is CCC[C@@H]1O[C@@H](Oc2c(-c3ccc(O)cc3)oc3cc(O)cc(O)c3c2=O)[C@H](OC(C)=O)[C@H](OC(C)=O)[C@H]1OC(C)=O. The lowest BCUT2D eigenvalue weighted by Gasteiger charge is -2.44. The number of phenols is 3. The fourth-order valence-electron chi connectivity index (χ4n) is 4.76. The number of esters is 3. The van der Waals surface area contributed by atoms with E-state index in [4.69, 9.17) is 28.1 Å². The molecule has 13 nitrogen and oxygen atoms in total. The Balaban J connectivity index is 1.92. The summed E-state index contributed by atoms with van der Waals surface area (Å²) in [6.45, 7) is 5.21. The van der Waals surface area contributed by atoms with Gasteiger partial charge in [-0.15, -0.1) is 0 Å². The Morgan fingerprint density at radius 3 is 2.02 bits per heavy atom. The summed E-state index contributed by atoms with van der Waals surface area (Å²) >= 11 is 0. The van der Waals surface area contributed by atoms with Crippen LogP contribution in [0.2, 0.25) is 0 Å². The number of phenolic OH excluding ortho intramolecular Hbond substituents is 3. The van der Waals surface area contributed by atoms with Gasteiger partial charge in [0, 0.05) is 38.5 Å². The van der Waals surface area contributed by atoms with E-state index in [1.54, 1.807) is 0 Å².